The lowest BCUT2D eigenvalue weighted by molar-refractivity contribution is 0.321. The molecule has 1 radical (unpaired) electrons. The molecule has 2 aromatic rings. The molecular weight excluding hydrogens is 208 g/mol. The number of fused-ring (bicyclic) bond motifs is 1. The molecular formula is C11H9N2OS. The number of thiocarbonyl (C=S) groups is 1. The molecule has 0 spiro atoms. The molecule has 0 saturated heterocycles. The van der Waals surface area contributed by atoms with Crippen molar-refractivity contribution >= 4 is 34.0 Å². The number of para-hydroxylation sites is 1. The van der Waals surface area contributed by atoms with Crippen molar-refractivity contribution in [3.8, 4) is 5.88 Å². The third kappa shape index (κ3) is 1.44. The number of aryl methyl sites for hydroxylation is 1. The molecule has 15 heavy (non-hydrogen) atoms. The van der Waals surface area contributed by atoms with Gasteiger partial charge in [-0.2, -0.15) is 4.99 Å². The number of hydrogen-bond donors (Lipinski definition) is 0. The number of nitrogens with zero attached hydrogens (tertiary/aromatic N) is 2. The van der Waals surface area contributed by atoms with Crippen molar-refractivity contribution in [3.05, 3.63) is 24.3 Å². The van der Waals surface area contributed by atoms with Gasteiger partial charge in [-0.1, -0.05) is 18.2 Å². The fourth-order valence-corrected chi connectivity index (χ4v) is 1.82. The second-order valence-corrected chi connectivity index (χ2v) is 3.30. The Hall–Kier alpha value is -1.64. The SMILES string of the molecule is CCn1c([O])c(N=C=S)c2ccccc21. The van der Waals surface area contributed by atoms with Crippen LogP contribution in [-0.4, -0.2) is 9.73 Å². The van der Waals surface area contributed by atoms with E-state index in [0.717, 1.165) is 10.9 Å². The Kier molecular flexibility index (Phi) is 2.54. The van der Waals surface area contributed by atoms with Crippen molar-refractivity contribution in [2.75, 3.05) is 0 Å². The molecule has 0 aliphatic rings. The van der Waals surface area contributed by atoms with Gasteiger partial charge >= 0.3 is 0 Å². The van der Waals surface area contributed by atoms with Crippen molar-refractivity contribution in [2.45, 2.75) is 13.5 Å². The van der Waals surface area contributed by atoms with E-state index in [-0.39, 0.29) is 5.88 Å². The molecule has 0 aliphatic heterocycles. The second kappa shape index (κ2) is 3.85. The smallest absolute Gasteiger partial charge is 0.278 e. The minimum Gasteiger partial charge on any atom is -0.307 e. The Morgan fingerprint density at radius 1 is 1.47 bits per heavy atom. The first kappa shape index (κ1) is 9.90. The van der Waals surface area contributed by atoms with Gasteiger partial charge in [0.15, 0.2) is 0 Å². The maximum atomic E-state index is 11.9. The zero-order chi connectivity index (χ0) is 10.8. The molecule has 0 amide bonds. The molecule has 0 atom stereocenters. The van der Waals surface area contributed by atoms with Gasteiger partial charge in [0.1, 0.15) is 5.69 Å². The average molecular weight is 217 g/mol. The Morgan fingerprint density at radius 3 is 2.87 bits per heavy atom. The van der Waals surface area contributed by atoms with E-state index in [4.69, 9.17) is 0 Å². The van der Waals surface area contributed by atoms with Crippen LogP contribution in [0.2, 0.25) is 0 Å². The van der Waals surface area contributed by atoms with E-state index in [9.17, 15) is 5.11 Å². The molecule has 0 unspecified atom stereocenters. The fourth-order valence-electron chi connectivity index (χ4n) is 1.73. The van der Waals surface area contributed by atoms with Gasteiger partial charge in [-0.05, 0) is 25.2 Å². The molecule has 2 rings (SSSR count). The summed E-state index contributed by atoms with van der Waals surface area (Å²) in [5.41, 5.74) is 1.29. The summed E-state index contributed by atoms with van der Waals surface area (Å²) in [5, 5.41) is 15.0. The summed E-state index contributed by atoms with van der Waals surface area (Å²) >= 11 is 4.54. The predicted octanol–water partition coefficient (Wildman–Crippen LogP) is 3.54. The number of hydrogen-bond acceptors (Lipinski definition) is 2. The van der Waals surface area contributed by atoms with Crippen LogP contribution in [0.5, 0.6) is 5.88 Å². The van der Waals surface area contributed by atoms with Crippen LogP contribution in [0.4, 0.5) is 5.69 Å². The highest BCUT2D eigenvalue weighted by molar-refractivity contribution is 7.78. The summed E-state index contributed by atoms with van der Waals surface area (Å²) in [6, 6.07) is 7.56. The van der Waals surface area contributed by atoms with E-state index in [0.29, 0.717) is 12.2 Å². The van der Waals surface area contributed by atoms with Gasteiger partial charge in [0.25, 0.3) is 5.88 Å². The molecule has 0 bridgehead atoms. The number of isothiocyanates is 1. The molecule has 0 aliphatic carbocycles. The molecule has 0 saturated carbocycles. The first-order valence-corrected chi connectivity index (χ1v) is 5.06. The fraction of sp³-hybridized carbons (Fsp3) is 0.182. The molecule has 0 fully saturated rings. The second-order valence-electron chi connectivity index (χ2n) is 3.12. The van der Waals surface area contributed by atoms with Crippen LogP contribution in [0, 0.1) is 0 Å². The van der Waals surface area contributed by atoms with Gasteiger partial charge in [-0.3, -0.25) is 5.11 Å². The van der Waals surface area contributed by atoms with Gasteiger partial charge in [0, 0.05) is 11.9 Å². The molecule has 1 aromatic heterocycles. The van der Waals surface area contributed by atoms with Crippen molar-refractivity contribution in [2.24, 2.45) is 4.99 Å². The Morgan fingerprint density at radius 2 is 2.20 bits per heavy atom. The zero-order valence-corrected chi connectivity index (χ0v) is 9.04. The van der Waals surface area contributed by atoms with Crippen molar-refractivity contribution < 1.29 is 5.11 Å². The lowest BCUT2D eigenvalue weighted by Gasteiger charge is -1.98. The number of aliphatic imine (C=N–C) groups is 1. The largest absolute Gasteiger partial charge is 0.307 e. The number of aromatic nitrogens is 1. The standard InChI is InChI=1S/C11H9N2OS/c1-2-13-9-6-4-3-5-8(9)10(11(13)14)12-7-15/h3-6H,2H2,1H3. The van der Waals surface area contributed by atoms with E-state index in [1.807, 2.05) is 31.2 Å². The maximum Gasteiger partial charge on any atom is 0.278 e. The Labute approximate surface area is 92.7 Å². The highest BCUT2D eigenvalue weighted by Crippen LogP contribution is 2.38. The highest BCUT2D eigenvalue weighted by Gasteiger charge is 2.15. The minimum atomic E-state index is -0.101. The summed E-state index contributed by atoms with van der Waals surface area (Å²) in [6.07, 6.45) is 0. The third-order valence-electron chi connectivity index (χ3n) is 2.37. The van der Waals surface area contributed by atoms with Crippen molar-refractivity contribution in [1.82, 2.24) is 4.57 Å². The summed E-state index contributed by atoms with van der Waals surface area (Å²) < 4.78 is 1.68. The van der Waals surface area contributed by atoms with Crippen LogP contribution in [0.1, 0.15) is 6.92 Å². The van der Waals surface area contributed by atoms with E-state index < -0.39 is 0 Å². The van der Waals surface area contributed by atoms with Gasteiger partial charge in [-0.15, -0.1) is 0 Å². The molecule has 1 heterocycles. The molecule has 0 N–H and O–H groups in total. The minimum absolute atomic E-state index is 0.101. The van der Waals surface area contributed by atoms with E-state index >= 15 is 0 Å². The van der Waals surface area contributed by atoms with Crippen LogP contribution in [0.25, 0.3) is 10.9 Å². The van der Waals surface area contributed by atoms with Crippen molar-refractivity contribution in [1.29, 1.82) is 0 Å². The zero-order valence-electron chi connectivity index (χ0n) is 8.23. The summed E-state index contributed by atoms with van der Waals surface area (Å²) in [6.45, 7) is 2.56. The molecule has 3 nitrogen and oxygen atoms in total. The van der Waals surface area contributed by atoms with E-state index in [2.05, 4.69) is 22.4 Å². The van der Waals surface area contributed by atoms with Crippen molar-refractivity contribution in [3.63, 3.8) is 0 Å². The maximum absolute atomic E-state index is 11.9. The van der Waals surface area contributed by atoms with Gasteiger partial charge in [0.05, 0.1) is 10.7 Å². The van der Waals surface area contributed by atoms with Gasteiger partial charge in [0.2, 0.25) is 0 Å². The monoisotopic (exact) mass is 217 g/mol. The average Bonchev–Trinajstić information content (AvgIpc) is 2.53. The number of benzene rings is 1. The Bertz CT molecular complexity index is 553. The predicted molar refractivity (Wildman–Crippen MR) is 62.4 cm³/mol. The highest BCUT2D eigenvalue weighted by atomic mass is 32.1. The van der Waals surface area contributed by atoms with Crippen LogP contribution >= 0.6 is 12.2 Å². The topological polar surface area (TPSA) is 37.2 Å². The van der Waals surface area contributed by atoms with Crippen LogP contribution in [0.3, 0.4) is 0 Å². The van der Waals surface area contributed by atoms with Crippen LogP contribution < -0.4 is 0 Å². The Balaban J connectivity index is 2.90. The lowest BCUT2D eigenvalue weighted by atomic mass is 10.2. The number of rotatable bonds is 2. The van der Waals surface area contributed by atoms with Gasteiger partial charge in [-0.25, -0.2) is 0 Å². The quantitative estimate of drug-likeness (QED) is 0.560. The third-order valence-corrected chi connectivity index (χ3v) is 2.46. The van der Waals surface area contributed by atoms with E-state index in [1.54, 1.807) is 4.57 Å². The lowest BCUT2D eigenvalue weighted by Crippen LogP contribution is -1.90. The first-order chi connectivity index (χ1) is 7.29. The molecule has 4 heteroatoms. The summed E-state index contributed by atoms with van der Waals surface area (Å²) in [7, 11) is 0. The van der Waals surface area contributed by atoms with Crippen LogP contribution in [-0.2, 0) is 11.7 Å². The first-order valence-electron chi connectivity index (χ1n) is 4.65. The molecule has 75 valence electrons. The summed E-state index contributed by atoms with van der Waals surface area (Å²) in [5.74, 6) is -0.101. The molecule has 1 aromatic carbocycles. The van der Waals surface area contributed by atoms with Gasteiger partial charge < -0.3 is 4.57 Å². The normalized spacial score (nSPS) is 10.2. The van der Waals surface area contributed by atoms with Crippen LogP contribution in [0.15, 0.2) is 29.3 Å². The summed E-state index contributed by atoms with van der Waals surface area (Å²) in [4.78, 5) is 3.83. The van der Waals surface area contributed by atoms with E-state index in [1.165, 1.54) is 0 Å².